The van der Waals surface area contributed by atoms with E-state index in [1.165, 1.54) is 58.0 Å². The Morgan fingerprint density at radius 3 is 2.27 bits per heavy atom. The maximum absolute atomic E-state index is 4.26. The normalized spacial score (nSPS) is 39.2. The van der Waals surface area contributed by atoms with Gasteiger partial charge in [-0.15, -0.1) is 0 Å². The van der Waals surface area contributed by atoms with Crippen molar-refractivity contribution < 1.29 is 10.6 Å². The van der Waals surface area contributed by atoms with E-state index >= 15 is 0 Å². The van der Waals surface area contributed by atoms with Crippen molar-refractivity contribution in [2.75, 3.05) is 19.6 Å². The Morgan fingerprint density at radius 2 is 1.73 bits per heavy atom. The summed E-state index contributed by atoms with van der Waals surface area (Å²) in [5, 5.41) is 0. The van der Waals surface area contributed by atoms with Crippen molar-refractivity contribution in [3.63, 3.8) is 0 Å². The van der Waals surface area contributed by atoms with Crippen LogP contribution < -0.4 is 10.6 Å². The lowest BCUT2D eigenvalue weighted by Gasteiger charge is -2.44. The fourth-order valence-electron chi connectivity index (χ4n) is 3.60. The van der Waals surface area contributed by atoms with Crippen LogP contribution in [-0.2, 0) is 0 Å². The van der Waals surface area contributed by atoms with Crippen molar-refractivity contribution in [2.45, 2.75) is 57.4 Å². The molecule has 15 heavy (non-hydrogen) atoms. The molecule has 0 aromatic carbocycles. The maximum Gasteiger partial charge on any atom is 0.147 e. The van der Waals surface area contributed by atoms with Crippen LogP contribution in [0.4, 0.5) is 0 Å². The first-order chi connectivity index (χ1) is 7.27. The first kappa shape index (κ1) is 11.4. The van der Waals surface area contributed by atoms with Gasteiger partial charge in [0.25, 0.3) is 0 Å². The molecular formula is C13H28N2+2. The van der Waals surface area contributed by atoms with E-state index in [-0.39, 0.29) is 0 Å². The minimum Gasteiger partial charge on any atom is -0.352 e. The van der Waals surface area contributed by atoms with Gasteiger partial charge in [0.15, 0.2) is 0 Å². The van der Waals surface area contributed by atoms with E-state index in [1.54, 1.807) is 0 Å². The van der Waals surface area contributed by atoms with Crippen molar-refractivity contribution in [2.24, 2.45) is 5.92 Å². The Balaban J connectivity index is 2.00. The lowest BCUT2D eigenvalue weighted by atomic mass is 9.75. The minimum absolute atomic E-state index is 0.576. The third kappa shape index (κ3) is 2.36. The van der Waals surface area contributed by atoms with Gasteiger partial charge in [-0.25, -0.2) is 0 Å². The van der Waals surface area contributed by atoms with Crippen LogP contribution in [-0.4, -0.2) is 25.2 Å². The highest BCUT2D eigenvalue weighted by Crippen LogP contribution is 2.29. The average molecular weight is 212 g/mol. The van der Waals surface area contributed by atoms with Crippen molar-refractivity contribution in [3.05, 3.63) is 0 Å². The molecule has 88 valence electrons. The van der Waals surface area contributed by atoms with Crippen molar-refractivity contribution in [1.82, 2.24) is 0 Å². The molecule has 2 rings (SSSR count). The quantitative estimate of drug-likeness (QED) is 0.657. The molecule has 0 bridgehead atoms. The minimum atomic E-state index is 0.576. The third-order valence-electron chi connectivity index (χ3n) is 4.92. The van der Waals surface area contributed by atoms with Crippen LogP contribution in [0.25, 0.3) is 0 Å². The topological polar surface area (TPSA) is 32.1 Å². The zero-order chi connectivity index (χ0) is 10.7. The lowest BCUT2D eigenvalue weighted by Crippen LogP contribution is -3.22. The number of hydrogen-bond donors (Lipinski definition) is 2. The first-order valence-corrected chi connectivity index (χ1v) is 6.91. The van der Waals surface area contributed by atoms with Crippen molar-refractivity contribution >= 4 is 0 Å². The summed E-state index contributed by atoms with van der Waals surface area (Å²) in [4.78, 5) is 1.90. The molecule has 0 aromatic heterocycles. The largest absolute Gasteiger partial charge is 0.352 e. The molecule has 0 atom stereocenters. The highest BCUT2D eigenvalue weighted by atomic mass is 15.2. The van der Waals surface area contributed by atoms with E-state index in [0.717, 1.165) is 12.5 Å². The van der Waals surface area contributed by atoms with Gasteiger partial charge in [-0.3, -0.25) is 0 Å². The van der Waals surface area contributed by atoms with Crippen molar-refractivity contribution in [3.8, 4) is 0 Å². The summed E-state index contributed by atoms with van der Waals surface area (Å²) in [6.07, 6.45) is 10.1. The second-order valence-corrected chi connectivity index (χ2v) is 5.88. The summed E-state index contributed by atoms with van der Waals surface area (Å²) in [5.74, 6) is 0.967. The summed E-state index contributed by atoms with van der Waals surface area (Å²) in [6, 6.07) is 0. The van der Waals surface area contributed by atoms with E-state index in [1.807, 2.05) is 4.90 Å². The van der Waals surface area contributed by atoms with Gasteiger partial charge in [0.2, 0.25) is 0 Å². The molecule has 0 unspecified atom stereocenters. The standard InChI is InChI=1S/C13H26N2/c1-12-5-7-13(11-14,8-6-12)15-9-3-2-4-10-15/h12H,2-11,14H2,1H3/p+2. The highest BCUT2D eigenvalue weighted by molar-refractivity contribution is 4.84. The van der Waals surface area contributed by atoms with Gasteiger partial charge in [0.1, 0.15) is 12.1 Å². The monoisotopic (exact) mass is 212 g/mol. The molecule has 1 saturated carbocycles. The Bertz CT molecular complexity index is 189. The molecule has 1 aliphatic heterocycles. The molecule has 0 spiro atoms. The lowest BCUT2D eigenvalue weighted by molar-refractivity contribution is -0.965. The molecule has 2 heteroatoms. The Morgan fingerprint density at radius 1 is 1.13 bits per heavy atom. The second-order valence-electron chi connectivity index (χ2n) is 5.88. The third-order valence-corrected chi connectivity index (χ3v) is 4.92. The van der Waals surface area contributed by atoms with Crippen LogP contribution in [0.2, 0.25) is 0 Å². The molecule has 2 aliphatic rings. The molecule has 0 aromatic rings. The van der Waals surface area contributed by atoms with Crippen LogP contribution in [0.1, 0.15) is 51.9 Å². The first-order valence-electron chi connectivity index (χ1n) is 6.91. The predicted octanol–water partition coefficient (Wildman–Crippen LogP) is 0.246. The Hall–Kier alpha value is -0.0800. The molecule has 0 amide bonds. The fourth-order valence-corrected chi connectivity index (χ4v) is 3.60. The fraction of sp³-hybridized carbons (Fsp3) is 1.00. The summed E-state index contributed by atoms with van der Waals surface area (Å²) < 4.78 is 0. The SMILES string of the molecule is CC1CCC(C[NH3+])([NH+]2CCCCC2)CC1. The average Bonchev–Trinajstić information content (AvgIpc) is 2.32. The number of hydrogen-bond acceptors (Lipinski definition) is 0. The predicted molar refractivity (Wildman–Crippen MR) is 62.7 cm³/mol. The second kappa shape index (κ2) is 4.84. The summed E-state index contributed by atoms with van der Waals surface area (Å²) >= 11 is 0. The van der Waals surface area contributed by atoms with Crippen molar-refractivity contribution in [1.29, 1.82) is 0 Å². The zero-order valence-corrected chi connectivity index (χ0v) is 10.4. The molecule has 2 fully saturated rings. The molecule has 4 N–H and O–H groups in total. The van der Waals surface area contributed by atoms with Gasteiger partial charge >= 0.3 is 0 Å². The van der Waals surface area contributed by atoms with Crippen LogP contribution in [0.3, 0.4) is 0 Å². The maximum atomic E-state index is 4.26. The van der Waals surface area contributed by atoms with Gasteiger partial charge in [0.05, 0.1) is 13.1 Å². The number of rotatable bonds is 2. The van der Waals surface area contributed by atoms with Crippen LogP contribution in [0.5, 0.6) is 0 Å². The van der Waals surface area contributed by atoms with E-state index in [0.29, 0.717) is 5.54 Å². The molecule has 1 aliphatic carbocycles. The van der Waals surface area contributed by atoms with Crippen LogP contribution in [0.15, 0.2) is 0 Å². The molecular weight excluding hydrogens is 184 g/mol. The van der Waals surface area contributed by atoms with Gasteiger partial charge in [-0.1, -0.05) is 6.92 Å². The molecule has 2 nitrogen and oxygen atoms in total. The Labute approximate surface area is 94.2 Å². The summed E-state index contributed by atoms with van der Waals surface area (Å²) in [5.41, 5.74) is 4.84. The van der Waals surface area contributed by atoms with Gasteiger partial charge < -0.3 is 10.6 Å². The summed E-state index contributed by atoms with van der Waals surface area (Å²) in [7, 11) is 0. The number of quaternary nitrogens is 2. The van der Waals surface area contributed by atoms with E-state index < -0.39 is 0 Å². The number of piperidine rings is 1. The van der Waals surface area contributed by atoms with E-state index in [9.17, 15) is 0 Å². The van der Waals surface area contributed by atoms with E-state index in [2.05, 4.69) is 12.7 Å². The zero-order valence-electron chi connectivity index (χ0n) is 10.4. The van der Waals surface area contributed by atoms with Gasteiger partial charge in [-0.05, 0) is 38.0 Å². The summed E-state index contributed by atoms with van der Waals surface area (Å²) in [6.45, 7) is 6.42. The molecule has 1 saturated heterocycles. The molecule has 1 heterocycles. The Kier molecular flexibility index (Phi) is 3.68. The van der Waals surface area contributed by atoms with E-state index in [4.69, 9.17) is 0 Å². The van der Waals surface area contributed by atoms with Gasteiger partial charge in [-0.2, -0.15) is 0 Å². The van der Waals surface area contributed by atoms with Crippen LogP contribution >= 0.6 is 0 Å². The highest BCUT2D eigenvalue weighted by Gasteiger charge is 2.44. The number of likely N-dealkylation sites (tertiary alicyclic amines) is 1. The smallest absolute Gasteiger partial charge is 0.147 e. The molecule has 0 radical (unpaired) electrons. The van der Waals surface area contributed by atoms with Crippen LogP contribution in [0, 0.1) is 5.92 Å². The number of nitrogens with one attached hydrogen (secondary N) is 1. The van der Waals surface area contributed by atoms with Gasteiger partial charge in [0, 0.05) is 12.8 Å².